The standard InChI is InChI=1S/C21H28N2/c1-15-10-8-9-11-19(15)23-22-16-12-13-17(20(2,3)4)18(14-16)21(5,6)7/h8-14H,1-7H3. The van der Waals surface area contributed by atoms with Crippen LogP contribution in [0.1, 0.15) is 58.2 Å². The van der Waals surface area contributed by atoms with Gasteiger partial charge in [0.05, 0.1) is 11.4 Å². The zero-order valence-corrected chi connectivity index (χ0v) is 15.4. The van der Waals surface area contributed by atoms with E-state index in [9.17, 15) is 0 Å². The molecule has 0 aromatic heterocycles. The van der Waals surface area contributed by atoms with Crippen LogP contribution in [-0.4, -0.2) is 0 Å². The van der Waals surface area contributed by atoms with E-state index in [1.54, 1.807) is 0 Å². The molecular weight excluding hydrogens is 280 g/mol. The molecule has 0 spiro atoms. The van der Waals surface area contributed by atoms with Crippen molar-refractivity contribution in [3.63, 3.8) is 0 Å². The second-order valence-corrected chi connectivity index (χ2v) is 8.22. The first-order chi connectivity index (χ1) is 10.6. The molecule has 0 saturated heterocycles. The summed E-state index contributed by atoms with van der Waals surface area (Å²) < 4.78 is 0. The Morgan fingerprint density at radius 1 is 0.696 bits per heavy atom. The molecule has 0 fully saturated rings. The van der Waals surface area contributed by atoms with Crippen molar-refractivity contribution in [2.75, 3.05) is 0 Å². The molecule has 0 atom stereocenters. The molecule has 2 aromatic rings. The summed E-state index contributed by atoms with van der Waals surface area (Å²) in [4.78, 5) is 0. The fourth-order valence-electron chi connectivity index (χ4n) is 2.66. The van der Waals surface area contributed by atoms with E-state index in [-0.39, 0.29) is 10.8 Å². The molecule has 0 aliphatic rings. The molecule has 0 bridgehead atoms. The third kappa shape index (κ3) is 4.28. The molecule has 2 aromatic carbocycles. The minimum absolute atomic E-state index is 0.0802. The minimum Gasteiger partial charge on any atom is -0.151 e. The summed E-state index contributed by atoms with van der Waals surface area (Å²) in [7, 11) is 0. The van der Waals surface area contributed by atoms with Crippen molar-refractivity contribution in [3.8, 4) is 0 Å². The first-order valence-corrected chi connectivity index (χ1v) is 8.21. The molecular formula is C21H28N2. The van der Waals surface area contributed by atoms with Crippen molar-refractivity contribution in [3.05, 3.63) is 59.2 Å². The highest BCUT2D eigenvalue weighted by molar-refractivity contribution is 5.50. The van der Waals surface area contributed by atoms with E-state index in [0.29, 0.717) is 0 Å². The van der Waals surface area contributed by atoms with E-state index in [4.69, 9.17) is 0 Å². The summed E-state index contributed by atoms with van der Waals surface area (Å²) >= 11 is 0. The first kappa shape index (κ1) is 17.4. The van der Waals surface area contributed by atoms with Crippen LogP contribution in [0.25, 0.3) is 0 Å². The largest absolute Gasteiger partial charge is 0.151 e. The lowest BCUT2D eigenvalue weighted by Gasteiger charge is -2.30. The average Bonchev–Trinajstić information content (AvgIpc) is 2.44. The quantitative estimate of drug-likeness (QED) is 0.533. The lowest BCUT2D eigenvalue weighted by molar-refractivity contribution is 0.530. The number of benzene rings is 2. The second-order valence-electron chi connectivity index (χ2n) is 8.22. The highest BCUT2D eigenvalue weighted by Gasteiger charge is 2.25. The number of rotatable bonds is 2. The molecule has 2 nitrogen and oxygen atoms in total. The highest BCUT2D eigenvalue weighted by Crippen LogP contribution is 2.36. The monoisotopic (exact) mass is 308 g/mol. The van der Waals surface area contributed by atoms with Crippen molar-refractivity contribution in [1.29, 1.82) is 0 Å². The van der Waals surface area contributed by atoms with Crippen molar-refractivity contribution < 1.29 is 0 Å². The van der Waals surface area contributed by atoms with Gasteiger partial charge < -0.3 is 0 Å². The zero-order valence-electron chi connectivity index (χ0n) is 15.4. The lowest BCUT2D eigenvalue weighted by Crippen LogP contribution is -2.21. The van der Waals surface area contributed by atoms with E-state index in [1.165, 1.54) is 11.1 Å². The molecule has 0 aliphatic carbocycles. The summed E-state index contributed by atoms with van der Waals surface area (Å²) in [6.45, 7) is 15.6. The van der Waals surface area contributed by atoms with Crippen molar-refractivity contribution >= 4 is 11.4 Å². The Labute approximate surface area is 140 Å². The van der Waals surface area contributed by atoms with Crippen LogP contribution in [0, 0.1) is 6.92 Å². The summed E-state index contributed by atoms with van der Waals surface area (Å²) in [6, 6.07) is 14.5. The van der Waals surface area contributed by atoms with Gasteiger partial charge in [-0.1, -0.05) is 65.8 Å². The van der Waals surface area contributed by atoms with E-state index >= 15 is 0 Å². The van der Waals surface area contributed by atoms with Gasteiger partial charge in [-0.3, -0.25) is 0 Å². The van der Waals surface area contributed by atoms with Crippen LogP contribution in [-0.2, 0) is 10.8 Å². The molecule has 122 valence electrons. The second kappa shape index (κ2) is 6.27. The Bertz CT molecular complexity index is 713. The Kier molecular flexibility index (Phi) is 4.74. The summed E-state index contributed by atoms with van der Waals surface area (Å²) in [5.41, 5.74) is 5.88. The van der Waals surface area contributed by atoms with Gasteiger partial charge in [0.15, 0.2) is 0 Å². The lowest BCUT2D eigenvalue weighted by atomic mass is 9.75. The zero-order chi connectivity index (χ0) is 17.3. The van der Waals surface area contributed by atoms with Gasteiger partial charge >= 0.3 is 0 Å². The molecule has 0 heterocycles. The number of nitrogens with zero attached hydrogens (tertiary/aromatic N) is 2. The fraction of sp³-hybridized carbons (Fsp3) is 0.429. The Morgan fingerprint density at radius 2 is 1.30 bits per heavy atom. The molecule has 0 saturated carbocycles. The summed E-state index contributed by atoms with van der Waals surface area (Å²) in [5, 5.41) is 8.88. The van der Waals surface area contributed by atoms with Crippen LogP contribution in [0.3, 0.4) is 0 Å². The predicted octanol–water partition coefficient (Wildman–Crippen LogP) is 7.01. The Balaban J connectivity index is 2.44. The van der Waals surface area contributed by atoms with E-state index < -0.39 is 0 Å². The normalized spacial score (nSPS) is 12.8. The van der Waals surface area contributed by atoms with Gasteiger partial charge in [0.25, 0.3) is 0 Å². The van der Waals surface area contributed by atoms with E-state index in [2.05, 4.69) is 83.0 Å². The molecule has 0 radical (unpaired) electrons. The third-order valence-electron chi connectivity index (χ3n) is 4.01. The predicted molar refractivity (Wildman–Crippen MR) is 99.2 cm³/mol. The Morgan fingerprint density at radius 3 is 1.87 bits per heavy atom. The van der Waals surface area contributed by atoms with Gasteiger partial charge in [0.1, 0.15) is 0 Å². The van der Waals surface area contributed by atoms with Crippen LogP contribution in [0.15, 0.2) is 52.7 Å². The molecule has 0 aliphatic heterocycles. The van der Waals surface area contributed by atoms with Crippen molar-refractivity contribution in [1.82, 2.24) is 0 Å². The third-order valence-corrected chi connectivity index (χ3v) is 4.01. The number of aryl methyl sites for hydroxylation is 1. The number of hydrogen-bond donors (Lipinski definition) is 0. The summed E-state index contributed by atoms with van der Waals surface area (Å²) in [6.07, 6.45) is 0. The van der Waals surface area contributed by atoms with Crippen LogP contribution in [0.4, 0.5) is 11.4 Å². The van der Waals surface area contributed by atoms with E-state index in [0.717, 1.165) is 16.9 Å². The molecule has 0 unspecified atom stereocenters. The maximum atomic E-state index is 4.46. The van der Waals surface area contributed by atoms with Crippen molar-refractivity contribution in [2.45, 2.75) is 59.3 Å². The Hall–Kier alpha value is -1.96. The SMILES string of the molecule is Cc1ccccc1N=Nc1ccc(C(C)(C)C)c(C(C)(C)C)c1. The number of azo groups is 1. The van der Waals surface area contributed by atoms with Crippen LogP contribution in [0.2, 0.25) is 0 Å². The van der Waals surface area contributed by atoms with Crippen LogP contribution in [0.5, 0.6) is 0 Å². The fourth-order valence-corrected chi connectivity index (χ4v) is 2.66. The van der Waals surface area contributed by atoms with Gasteiger partial charge in [-0.05, 0) is 52.6 Å². The molecule has 0 amide bonds. The van der Waals surface area contributed by atoms with Gasteiger partial charge in [-0.2, -0.15) is 10.2 Å². The molecule has 23 heavy (non-hydrogen) atoms. The molecule has 2 rings (SSSR count). The smallest absolute Gasteiger partial charge is 0.0886 e. The summed E-state index contributed by atoms with van der Waals surface area (Å²) in [5.74, 6) is 0. The van der Waals surface area contributed by atoms with Crippen LogP contribution >= 0.6 is 0 Å². The van der Waals surface area contributed by atoms with Gasteiger partial charge in [0, 0.05) is 0 Å². The first-order valence-electron chi connectivity index (χ1n) is 8.21. The molecule has 0 N–H and O–H groups in total. The maximum Gasteiger partial charge on any atom is 0.0886 e. The molecule has 2 heteroatoms. The minimum atomic E-state index is 0.0802. The topological polar surface area (TPSA) is 24.7 Å². The maximum absolute atomic E-state index is 4.46. The van der Waals surface area contributed by atoms with Gasteiger partial charge in [-0.15, -0.1) is 0 Å². The van der Waals surface area contributed by atoms with Crippen LogP contribution < -0.4 is 0 Å². The van der Waals surface area contributed by atoms with Crippen molar-refractivity contribution in [2.24, 2.45) is 10.2 Å². The number of hydrogen-bond acceptors (Lipinski definition) is 2. The average molecular weight is 308 g/mol. The van der Waals surface area contributed by atoms with Gasteiger partial charge in [0.2, 0.25) is 0 Å². The highest BCUT2D eigenvalue weighted by atomic mass is 15.1. The van der Waals surface area contributed by atoms with Gasteiger partial charge in [-0.25, -0.2) is 0 Å². The van der Waals surface area contributed by atoms with E-state index in [1.807, 2.05) is 18.2 Å².